The van der Waals surface area contributed by atoms with Gasteiger partial charge in [-0.3, -0.25) is 4.79 Å². The van der Waals surface area contributed by atoms with Gasteiger partial charge < -0.3 is 54.5 Å². The zero-order valence-corrected chi connectivity index (χ0v) is 41.8. The highest BCUT2D eigenvalue weighted by Gasteiger charge is 2.16. The number of carbonyl (C=O) groups is 4. The molecule has 0 fully saturated rings. The van der Waals surface area contributed by atoms with Gasteiger partial charge in [0.1, 0.15) is 22.3 Å². The van der Waals surface area contributed by atoms with Gasteiger partial charge in [-0.05, 0) is 138 Å². The molecule has 0 spiro atoms. The Morgan fingerprint density at radius 2 is 0.974 bits per heavy atom. The van der Waals surface area contributed by atoms with Crippen LogP contribution in [-0.4, -0.2) is 91.7 Å². The lowest BCUT2D eigenvalue weighted by atomic mass is 10.1. The third-order valence-electron chi connectivity index (χ3n) is 10.8. The van der Waals surface area contributed by atoms with Crippen LogP contribution in [0.25, 0.3) is 34.1 Å². The van der Waals surface area contributed by atoms with E-state index in [1.165, 1.54) is 24.3 Å². The molecule has 0 aliphatic carbocycles. The zero-order valence-electron chi connectivity index (χ0n) is 41.8. The molecule has 76 heavy (non-hydrogen) atoms. The molecule has 6 rings (SSSR count). The molecule has 0 saturated heterocycles. The monoisotopic (exact) mass is 1050 g/mol. The number of aromatic carboxylic acids is 1. The molecule has 408 valence electrons. The Hall–Kier alpha value is -8.54. The van der Waals surface area contributed by atoms with Gasteiger partial charge in [0.15, 0.2) is 0 Å². The summed E-state index contributed by atoms with van der Waals surface area (Å²) in [5.74, 6) is -2.82. The molecule has 2 aromatic heterocycles. The van der Waals surface area contributed by atoms with Crippen molar-refractivity contribution in [3.8, 4) is 0 Å². The van der Waals surface area contributed by atoms with E-state index in [0.29, 0.717) is 45.5 Å². The number of nitrogens with zero attached hydrogens (tertiary/aromatic N) is 2. The van der Waals surface area contributed by atoms with Crippen LogP contribution in [0.1, 0.15) is 95.7 Å². The lowest BCUT2D eigenvalue weighted by Gasteiger charge is -2.21. The number of carboxylic acids is 1. The van der Waals surface area contributed by atoms with E-state index in [-0.39, 0.29) is 58.8 Å². The average molecular weight is 1050 g/mol. The summed E-state index contributed by atoms with van der Waals surface area (Å²) in [5.41, 5.74) is 9.75. The molecular weight excluding hydrogens is 973 g/mol. The number of nitrogens with one attached hydrogen (secondary N) is 1. The van der Waals surface area contributed by atoms with Gasteiger partial charge in [-0.2, -0.15) is 0 Å². The summed E-state index contributed by atoms with van der Waals surface area (Å²) in [5, 5.41) is 30.8. The largest absolute Gasteiger partial charge is 0.477 e. The number of nitrogen functional groups attached to an aromatic ring is 1. The molecule has 1 amide bonds. The maximum atomic E-state index is 12.8. The highest BCUT2D eigenvalue weighted by Crippen LogP contribution is 2.24. The summed E-state index contributed by atoms with van der Waals surface area (Å²) in [6.45, 7) is 15.0. The summed E-state index contributed by atoms with van der Waals surface area (Å²) in [4.78, 5) is 75.4. The van der Waals surface area contributed by atoms with Crippen LogP contribution in [0.15, 0.2) is 151 Å². The van der Waals surface area contributed by atoms with E-state index >= 15 is 0 Å². The molecule has 17 heteroatoms. The molecule has 17 nitrogen and oxygen atoms in total. The normalized spacial score (nSPS) is 10.9. The van der Waals surface area contributed by atoms with Gasteiger partial charge in [0, 0.05) is 71.8 Å². The SMILES string of the molecule is C.C.C.CCN(CC)c1ccc2cc(C(=O)O)c(=O)oc2c1.CCOC(=O)C(/C=C/c1ccc(N)cc1)=C/CO.CCOC(=O)C(/C=C/c1ccc(NC(=O)c2cc3ccc(N(CC)CC)cc3oc2=O)cc1)=C/CO. The second-order valence-electron chi connectivity index (χ2n) is 15.5. The van der Waals surface area contributed by atoms with Crippen molar-refractivity contribution < 1.29 is 52.8 Å². The number of anilines is 4. The first-order valence-electron chi connectivity index (χ1n) is 23.6. The van der Waals surface area contributed by atoms with Gasteiger partial charge in [-0.1, -0.05) is 58.7 Å². The minimum atomic E-state index is -1.27. The van der Waals surface area contributed by atoms with Crippen LogP contribution in [0, 0.1) is 0 Å². The third-order valence-corrected chi connectivity index (χ3v) is 10.8. The van der Waals surface area contributed by atoms with Crippen molar-refractivity contribution in [3.63, 3.8) is 0 Å². The number of fused-ring (bicyclic) bond motifs is 2. The molecule has 0 bridgehead atoms. The second kappa shape index (κ2) is 33.3. The minimum Gasteiger partial charge on any atom is -0.477 e. The quantitative estimate of drug-likeness (QED) is 0.0166. The number of aliphatic hydroxyl groups is 2. The van der Waals surface area contributed by atoms with E-state index in [1.807, 2.05) is 44.2 Å². The van der Waals surface area contributed by atoms with E-state index in [0.717, 1.165) is 48.7 Å². The molecule has 2 heterocycles. The van der Waals surface area contributed by atoms with Gasteiger partial charge in [0.2, 0.25) is 0 Å². The van der Waals surface area contributed by atoms with Crippen LogP contribution in [-0.2, 0) is 19.1 Å². The van der Waals surface area contributed by atoms with Gasteiger partial charge >= 0.3 is 29.2 Å². The summed E-state index contributed by atoms with van der Waals surface area (Å²) in [6.07, 6.45) is 9.38. The summed E-state index contributed by atoms with van der Waals surface area (Å²) < 4.78 is 20.4. The minimum absolute atomic E-state index is 0. The van der Waals surface area contributed by atoms with Crippen molar-refractivity contribution in [3.05, 3.63) is 176 Å². The Balaban J connectivity index is 0.000000612. The number of ether oxygens (including phenoxy) is 2. The van der Waals surface area contributed by atoms with Crippen LogP contribution in [0.4, 0.5) is 22.7 Å². The number of rotatable bonds is 19. The molecule has 4 aromatic carbocycles. The lowest BCUT2D eigenvalue weighted by molar-refractivity contribution is -0.139. The van der Waals surface area contributed by atoms with Gasteiger partial charge in [-0.25, -0.2) is 24.0 Å². The molecule has 0 radical (unpaired) electrons. The topological polar surface area (TPSA) is 252 Å². The van der Waals surface area contributed by atoms with Crippen LogP contribution < -0.4 is 32.1 Å². The molecule has 0 aliphatic rings. The predicted molar refractivity (Wildman–Crippen MR) is 306 cm³/mol. The van der Waals surface area contributed by atoms with Crippen molar-refractivity contribution >= 4 is 80.7 Å². The van der Waals surface area contributed by atoms with E-state index < -0.39 is 35.1 Å². The number of aliphatic hydroxyl groups excluding tert-OH is 2. The van der Waals surface area contributed by atoms with Crippen LogP contribution in [0.2, 0.25) is 0 Å². The fourth-order valence-corrected chi connectivity index (χ4v) is 7.00. The standard InChI is InChI=1S/C28H30N2O6.C14H15NO4.C14H17NO3.3CH4/c1-4-30(5-2)23-14-11-21-17-24(28(34)36-25(21)18-23)26(32)29-22-12-8-19(9-13-22)7-10-20(15-16-31)27(33)35-6-3;1-3-15(4-2)10-6-5-9-7-11(13(16)17)14(18)19-12(9)8-10;1-2-18-14(17)12(9-10-16)6-3-11-4-7-13(15)8-5-11;;;/h7-15,17-18,31H,4-6,16H2,1-3H3,(H,29,32);5-8H,3-4H2,1-2H3,(H,16,17);3-9,16H,2,10,15H2,1H3;3*1H4/b10-7+,20-15+;;6-3+,12-9+;;;. The summed E-state index contributed by atoms with van der Waals surface area (Å²) in [6, 6.07) is 27.9. The Kier molecular flexibility index (Phi) is 28.7. The molecule has 6 N–H and O–H groups in total. The Labute approximate surface area is 444 Å². The summed E-state index contributed by atoms with van der Waals surface area (Å²) in [7, 11) is 0. The van der Waals surface area contributed by atoms with E-state index in [9.17, 15) is 28.8 Å². The Morgan fingerprint density at radius 3 is 1.36 bits per heavy atom. The van der Waals surface area contributed by atoms with Crippen LogP contribution >= 0.6 is 0 Å². The number of esters is 2. The maximum absolute atomic E-state index is 12.8. The predicted octanol–water partition coefficient (Wildman–Crippen LogP) is 10.4. The van der Waals surface area contributed by atoms with Crippen molar-refractivity contribution in [2.45, 2.75) is 63.8 Å². The fourth-order valence-electron chi connectivity index (χ4n) is 7.00. The first-order chi connectivity index (χ1) is 35.1. The van der Waals surface area contributed by atoms with Crippen molar-refractivity contribution in [2.75, 3.05) is 73.5 Å². The summed E-state index contributed by atoms with van der Waals surface area (Å²) >= 11 is 0. The van der Waals surface area contributed by atoms with Crippen molar-refractivity contribution in [1.29, 1.82) is 0 Å². The zero-order chi connectivity index (χ0) is 53.5. The van der Waals surface area contributed by atoms with E-state index in [1.54, 1.807) is 92.7 Å². The maximum Gasteiger partial charge on any atom is 0.351 e. The van der Waals surface area contributed by atoms with Crippen molar-refractivity contribution in [1.82, 2.24) is 0 Å². The van der Waals surface area contributed by atoms with E-state index in [2.05, 4.69) is 29.0 Å². The lowest BCUT2D eigenvalue weighted by Crippen LogP contribution is -2.22. The average Bonchev–Trinajstić information content (AvgIpc) is 3.38. The number of hydrogen-bond acceptors (Lipinski definition) is 15. The number of amides is 1. The highest BCUT2D eigenvalue weighted by atomic mass is 16.5. The molecule has 0 saturated carbocycles. The number of hydrogen-bond donors (Lipinski definition) is 5. The number of nitrogens with two attached hydrogens (primary N) is 1. The molecule has 6 aromatic rings. The van der Waals surface area contributed by atoms with Gasteiger partial charge in [-0.15, -0.1) is 0 Å². The Morgan fingerprint density at radius 1 is 0.579 bits per heavy atom. The van der Waals surface area contributed by atoms with E-state index in [4.69, 9.17) is 39.4 Å². The number of carboxylic acid groups (broad SMARTS) is 1. The first kappa shape index (κ1) is 65.5. The second-order valence-corrected chi connectivity index (χ2v) is 15.5. The fraction of sp³-hybridized carbons (Fsp3) is 0.288. The van der Waals surface area contributed by atoms with Gasteiger partial charge in [0.05, 0.1) is 37.6 Å². The van der Waals surface area contributed by atoms with Crippen molar-refractivity contribution in [2.24, 2.45) is 0 Å². The molecular formula is C59H74N4O13. The number of benzene rings is 4. The third kappa shape index (κ3) is 19.1. The van der Waals surface area contributed by atoms with Crippen LogP contribution in [0.5, 0.6) is 0 Å². The smallest absolute Gasteiger partial charge is 0.351 e. The number of carbonyl (C=O) groups excluding carboxylic acids is 3. The Bertz CT molecular complexity index is 3070. The molecule has 0 atom stereocenters. The highest BCUT2D eigenvalue weighted by molar-refractivity contribution is 6.05. The molecule has 0 unspecified atom stereocenters. The first-order valence-corrected chi connectivity index (χ1v) is 23.6. The van der Waals surface area contributed by atoms with Crippen LogP contribution in [0.3, 0.4) is 0 Å². The molecule has 0 aliphatic heterocycles. The van der Waals surface area contributed by atoms with Gasteiger partial charge in [0.25, 0.3) is 5.91 Å².